The smallest absolute Gasteiger partial charge is 0.115 e. The van der Waals surface area contributed by atoms with Gasteiger partial charge in [-0.2, -0.15) is 6.08 Å². The minimum Gasteiger partial charge on any atom is -0.508 e. The number of aromatic hydroxyl groups is 1. The van der Waals surface area contributed by atoms with E-state index in [1.165, 1.54) is 5.57 Å². The molecule has 0 fully saturated rings. The van der Waals surface area contributed by atoms with E-state index < -0.39 is 0 Å². The van der Waals surface area contributed by atoms with Crippen LogP contribution in [-0.4, -0.2) is 5.11 Å². The van der Waals surface area contributed by atoms with Gasteiger partial charge in [-0.15, -0.1) is 6.42 Å². The molecule has 0 amide bonds. The van der Waals surface area contributed by atoms with E-state index in [1.807, 2.05) is 6.07 Å². The second-order valence-corrected chi connectivity index (χ2v) is 2.80. The summed E-state index contributed by atoms with van der Waals surface area (Å²) < 4.78 is 0. The maximum atomic E-state index is 8.63. The fourth-order valence-electron chi connectivity index (χ4n) is 0.943. The molecule has 0 heterocycles. The predicted octanol–water partition coefficient (Wildman–Crippen LogP) is 3.09. The molecule has 0 aliphatic heterocycles. The van der Waals surface area contributed by atoms with Gasteiger partial charge >= 0.3 is 0 Å². The van der Waals surface area contributed by atoms with Crippen LogP contribution in [0.15, 0.2) is 48.1 Å². The molecule has 1 aliphatic carbocycles. The molecular formula is C12H13OTi-. The van der Waals surface area contributed by atoms with Crippen LogP contribution in [0.1, 0.15) is 13.3 Å². The first kappa shape index (κ1) is 13.2. The van der Waals surface area contributed by atoms with E-state index in [4.69, 9.17) is 5.11 Å². The van der Waals surface area contributed by atoms with Crippen molar-refractivity contribution in [2.24, 2.45) is 0 Å². The Labute approximate surface area is 100 Å². The van der Waals surface area contributed by atoms with Crippen molar-refractivity contribution < 1.29 is 26.8 Å². The zero-order valence-electron chi connectivity index (χ0n) is 8.20. The number of benzene rings is 1. The number of hydrogen-bond donors (Lipinski definition) is 1. The third-order valence-corrected chi connectivity index (χ3v) is 1.62. The standard InChI is InChI=1S/C6H6O.C6H7.Ti/c7-6-4-2-1-3-5-6;1-6-4-2-3-5-6;/h1-5,7H;2,4H,3H2,1H3;/q;-1;. The summed E-state index contributed by atoms with van der Waals surface area (Å²) in [5, 5.41) is 8.63. The first-order valence-corrected chi connectivity index (χ1v) is 4.27. The number of rotatable bonds is 0. The monoisotopic (exact) mass is 221 g/mol. The summed E-state index contributed by atoms with van der Waals surface area (Å²) in [5.74, 6) is 0.322. The maximum Gasteiger partial charge on any atom is 0.115 e. The Morgan fingerprint density at radius 3 is 2.07 bits per heavy atom. The molecule has 0 atom stereocenters. The van der Waals surface area contributed by atoms with Crippen LogP contribution in [0.25, 0.3) is 0 Å². The quantitative estimate of drug-likeness (QED) is 0.527. The number of phenols is 1. The van der Waals surface area contributed by atoms with Crippen molar-refractivity contribution in [3.8, 4) is 5.75 Å². The number of hydrogen-bond acceptors (Lipinski definition) is 1. The minimum atomic E-state index is 0. The SMILES string of the molecule is CC1=[C-]CC=C1.Oc1ccccc1.[Ti]. The van der Waals surface area contributed by atoms with Gasteiger partial charge in [-0.25, -0.2) is 11.6 Å². The van der Waals surface area contributed by atoms with E-state index in [0.717, 1.165) is 6.42 Å². The Kier molecular flexibility index (Phi) is 7.18. The van der Waals surface area contributed by atoms with Gasteiger partial charge < -0.3 is 5.11 Å². The van der Waals surface area contributed by atoms with Crippen LogP contribution in [0, 0.1) is 6.08 Å². The average Bonchev–Trinajstić information content (AvgIpc) is 2.58. The molecular weight excluding hydrogens is 208 g/mol. The van der Waals surface area contributed by atoms with Gasteiger partial charge in [-0.1, -0.05) is 25.1 Å². The molecule has 1 nitrogen and oxygen atoms in total. The van der Waals surface area contributed by atoms with Crippen LogP contribution in [0.2, 0.25) is 0 Å². The van der Waals surface area contributed by atoms with Crippen LogP contribution < -0.4 is 0 Å². The van der Waals surface area contributed by atoms with Crippen molar-refractivity contribution in [1.82, 2.24) is 0 Å². The van der Waals surface area contributed by atoms with Gasteiger partial charge in [-0.3, -0.25) is 6.08 Å². The van der Waals surface area contributed by atoms with Crippen molar-refractivity contribution in [1.29, 1.82) is 0 Å². The van der Waals surface area contributed by atoms with Gasteiger partial charge in [-0.05, 0) is 12.1 Å². The molecule has 72 valence electrons. The van der Waals surface area contributed by atoms with Crippen molar-refractivity contribution in [3.05, 3.63) is 54.1 Å². The van der Waals surface area contributed by atoms with Gasteiger partial charge in [0.15, 0.2) is 0 Å². The maximum absolute atomic E-state index is 8.63. The number of phenolic OH excluding ortho intramolecular Hbond substituents is 1. The Hall–Kier alpha value is -0.786. The predicted molar refractivity (Wildman–Crippen MR) is 54.3 cm³/mol. The normalized spacial score (nSPS) is 12.2. The van der Waals surface area contributed by atoms with Crippen LogP contribution in [0.4, 0.5) is 0 Å². The summed E-state index contributed by atoms with van der Waals surface area (Å²) in [4.78, 5) is 0. The fourth-order valence-corrected chi connectivity index (χ4v) is 0.943. The summed E-state index contributed by atoms with van der Waals surface area (Å²) >= 11 is 0. The second kappa shape index (κ2) is 7.60. The van der Waals surface area contributed by atoms with Gasteiger partial charge in [0.1, 0.15) is 5.75 Å². The van der Waals surface area contributed by atoms with Gasteiger partial charge in [0.05, 0.1) is 0 Å². The van der Waals surface area contributed by atoms with Crippen LogP contribution in [0.3, 0.4) is 0 Å². The van der Waals surface area contributed by atoms with Gasteiger partial charge in [0.25, 0.3) is 0 Å². The molecule has 2 rings (SSSR count). The molecule has 2 heteroatoms. The Morgan fingerprint density at radius 1 is 1.21 bits per heavy atom. The zero-order valence-corrected chi connectivity index (χ0v) is 9.76. The van der Waals surface area contributed by atoms with Crippen molar-refractivity contribution in [3.63, 3.8) is 0 Å². The van der Waals surface area contributed by atoms with Crippen LogP contribution in [0.5, 0.6) is 5.75 Å². The van der Waals surface area contributed by atoms with E-state index >= 15 is 0 Å². The molecule has 1 aromatic carbocycles. The fraction of sp³-hybridized carbons (Fsp3) is 0.167. The van der Waals surface area contributed by atoms with E-state index in [0.29, 0.717) is 5.75 Å². The second-order valence-electron chi connectivity index (χ2n) is 2.80. The molecule has 1 aromatic rings. The minimum absolute atomic E-state index is 0. The molecule has 1 N–H and O–H groups in total. The van der Waals surface area contributed by atoms with Crippen LogP contribution in [-0.2, 0) is 21.7 Å². The van der Waals surface area contributed by atoms with Crippen molar-refractivity contribution >= 4 is 0 Å². The molecule has 1 aliphatic rings. The van der Waals surface area contributed by atoms with E-state index in [1.54, 1.807) is 24.3 Å². The zero-order chi connectivity index (χ0) is 9.52. The summed E-state index contributed by atoms with van der Waals surface area (Å²) in [6.45, 7) is 2.06. The molecule has 0 saturated carbocycles. The molecule has 0 saturated heterocycles. The average molecular weight is 221 g/mol. The Balaban J connectivity index is 0.000000227. The largest absolute Gasteiger partial charge is 0.508 e. The van der Waals surface area contributed by atoms with Crippen molar-refractivity contribution in [2.75, 3.05) is 0 Å². The number of allylic oxidation sites excluding steroid dienone is 4. The van der Waals surface area contributed by atoms with Crippen LogP contribution >= 0.6 is 0 Å². The third-order valence-electron chi connectivity index (χ3n) is 1.62. The van der Waals surface area contributed by atoms with E-state index in [2.05, 4.69) is 25.2 Å². The first-order valence-electron chi connectivity index (χ1n) is 4.27. The summed E-state index contributed by atoms with van der Waals surface area (Å²) in [7, 11) is 0. The third kappa shape index (κ3) is 5.79. The molecule has 0 radical (unpaired) electrons. The van der Waals surface area contributed by atoms with Gasteiger partial charge in [0.2, 0.25) is 0 Å². The Morgan fingerprint density at radius 2 is 1.86 bits per heavy atom. The summed E-state index contributed by atoms with van der Waals surface area (Å²) in [6, 6.07) is 8.71. The number of para-hydroxylation sites is 1. The molecule has 0 unspecified atom stereocenters. The van der Waals surface area contributed by atoms with Crippen molar-refractivity contribution in [2.45, 2.75) is 13.3 Å². The van der Waals surface area contributed by atoms with E-state index in [-0.39, 0.29) is 21.7 Å². The summed E-state index contributed by atoms with van der Waals surface area (Å²) in [6.07, 6.45) is 8.33. The molecule has 14 heavy (non-hydrogen) atoms. The Bertz CT molecular complexity index is 299. The van der Waals surface area contributed by atoms with E-state index in [9.17, 15) is 0 Å². The first-order chi connectivity index (χ1) is 6.29. The van der Waals surface area contributed by atoms with Gasteiger partial charge in [0, 0.05) is 21.7 Å². The molecule has 0 spiro atoms. The topological polar surface area (TPSA) is 20.2 Å². The summed E-state index contributed by atoms with van der Waals surface area (Å²) in [5.41, 5.74) is 1.27. The molecule has 0 aromatic heterocycles. The molecule has 0 bridgehead atoms.